The maximum Gasteiger partial charge on any atom is 0.277 e. The van der Waals surface area contributed by atoms with Gasteiger partial charge in [-0.3, -0.25) is 4.79 Å². The van der Waals surface area contributed by atoms with Crippen LogP contribution in [-0.2, 0) is 14.8 Å². The fourth-order valence-corrected chi connectivity index (χ4v) is 4.44. The van der Waals surface area contributed by atoms with E-state index in [1.807, 2.05) is 26.0 Å². The molecule has 0 aliphatic carbocycles. The highest BCUT2D eigenvalue weighted by Crippen LogP contribution is 2.25. The van der Waals surface area contributed by atoms with Crippen LogP contribution in [0.2, 0.25) is 0 Å². The predicted octanol–water partition coefficient (Wildman–Crippen LogP) is 3.30. The number of aryl methyl sites for hydroxylation is 3. The molecule has 0 bridgehead atoms. The number of aromatic nitrogens is 2. The van der Waals surface area contributed by atoms with Crippen molar-refractivity contribution in [2.45, 2.75) is 30.9 Å². The van der Waals surface area contributed by atoms with Gasteiger partial charge in [0.1, 0.15) is 0 Å². The third-order valence-electron chi connectivity index (χ3n) is 4.23. The lowest BCUT2D eigenvalue weighted by molar-refractivity contribution is -0.113. The van der Waals surface area contributed by atoms with Crippen molar-refractivity contribution in [3.8, 4) is 11.5 Å². The monoisotopic (exact) mass is 446 g/mol. The van der Waals surface area contributed by atoms with Crippen molar-refractivity contribution in [1.82, 2.24) is 14.9 Å². The number of nitrogens with zero attached hydrogens (tertiary/aromatic N) is 2. The summed E-state index contributed by atoms with van der Waals surface area (Å²) in [5.74, 6) is 0.115. The van der Waals surface area contributed by atoms with Crippen LogP contribution in [0.3, 0.4) is 0 Å². The van der Waals surface area contributed by atoms with Crippen molar-refractivity contribution in [3.05, 3.63) is 53.1 Å². The van der Waals surface area contributed by atoms with Gasteiger partial charge in [-0.2, -0.15) is 0 Å². The Morgan fingerprint density at radius 3 is 2.43 bits per heavy atom. The Labute approximate surface area is 179 Å². The summed E-state index contributed by atoms with van der Waals surface area (Å²) in [5, 5.41) is 11.0. The standard InChI is InChI=1S/C20H22N4O4S2/c1-12-7-13(2)9-15(8-12)19-23-24-20(28-19)29-11-18(25)22-16-6-5-14(3)17(10-16)30(26,27)21-4/h5-10,21H,11H2,1-4H3,(H,22,25). The third-order valence-corrected chi connectivity index (χ3v) is 6.61. The first kappa shape index (κ1) is 22.0. The van der Waals surface area contributed by atoms with E-state index in [0.717, 1.165) is 28.5 Å². The molecular weight excluding hydrogens is 424 g/mol. The minimum Gasteiger partial charge on any atom is -0.411 e. The predicted molar refractivity (Wildman–Crippen MR) is 116 cm³/mol. The number of rotatable bonds is 7. The topological polar surface area (TPSA) is 114 Å². The van der Waals surface area contributed by atoms with Gasteiger partial charge in [0.05, 0.1) is 10.6 Å². The van der Waals surface area contributed by atoms with Crippen LogP contribution in [0.1, 0.15) is 16.7 Å². The second-order valence-corrected chi connectivity index (χ2v) is 9.56. The molecule has 0 radical (unpaired) electrons. The quantitative estimate of drug-likeness (QED) is 0.535. The van der Waals surface area contributed by atoms with E-state index < -0.39 is 10.0 Å². The Hall–Kier alpha value is -2.69. The highest BCUT2D eigenvalue weighted by Gasteiger charge is 2.16. The minimum absolute atomic E-state index is 0.0382. The van der Waals surface area contributed by atoms with E-state index in [2.05, 4.69) is 26.3 Å². The van der Waals surface area contributed by atoms with Gasteiger partial charge < -0.3 is 9.73 Å². The van der Waals surface area contributed by atoms with Crippen molar-refractivity contribution >= 4 is 33.4 Å². The number of benzene rings is 2. The molecule has 1 aromatic heterocycles. The maximum absolute atomic E-state index is 12.3. The zero-order chi connectivity index (χ0) is 21.9. The van der Waals surface area contributed by atoms with Gasteiger partial charge >= 0.3 is 0 Å². The van der Waals surface area contributed by atoms with Crippen LogP contribution in [0.25, 0.3) is 11.5 Å². The molecule has 0 saturated carbocycles. The Balaban J connectivity index is 1.64. The summed E-state index contributed by atoms with van der Waals surface area (Å²) >= 11 is 1.11. The summed E-state index contributed by atoms with van der Waals surface area (Å²) in [6.07, 6.45) is 0. The van der Waals surface area contributed by atoms with E-state index in [-0.39, 0.29) is 21.8 Å². The molecular formula is C20H22N4O4S2. The van der Waals surface area contributed by atoms with Gasteiger partial charge in [0.25, 0.3) is 5.22 Å². The van der Waals surface area contributed by atoms with Gasteiger partial charge in [-0.15, -0.1) is 10.2 Å². The van der Waals surface area contributed by atoms with Gasteiger partial charge in [0, 0.05) is 11.3 Å². The molecule has 0 atom stereocenters. The zero-order valence-corrected chi connectivity index (χ0v) is 18.6. The van der Waals surface area contributed by atoms with Crippen molar-refractivity contribution in [2.75, 3.05) is 18.1 Å². The number of nitrogens with one attached hydrogen (secondary N) is 2. The van der Waals surface area contributed by atoms with E-state index in [9.17, 15) is 13.2 Å². The molecule has 1 heterocycles. The summed E-state index contributed by atoms with van der Waals surface area (Å²) in [5.41, 5.74) is 3.99. The van der Waals surface area contributed by atoms with E-state index in [1.165, 1.54) is 13.1 Å². The van der Waals surface area contributed by atoms with Gasteiger partial charge in [-0.1, -0.05) is 35.0 Å². The van der Waals surface area contributed by atoms with Gasteiger partial charge in [-0.05, 0) is 57.6 Å². The average molecular weight is 447 g/mol. The second kappa shape index (κ2) is 8.99. The number of sulfonamides is 1. The van der Waals surface area contributed by atoms with E-state index in [0.29, 0.717) is 17.1 Å². The van der Waals surface area contributed by atoms with E-state index >= 15 is 0 Å². The number of amides is 1. The normalized spacial score (nSPS) is 11.5. The van der Waals surface area contributed by atoms with Crippen LogP contribution < -0.4 is 10.0 Å². The lowest BCUT2D eigenvalue weighted by atomic mass is 10.1. The Bertz CT molecular complexity index is 1170. The first-order valence-corrected chi connectivity index (χ1v) is 11.5. The summed E-state index contributed by atoms with van der Waals surface area (Å²) in [6.45, 7) is 5.67. The lowest BCUT2D eigenvalue weighted by Crippen LogP contribution is -2.20. The average Bonchev–Trinajstić information content (AvgIpc) is 3.16. The SMILES string of the molecule is CNS(=O)(=O)c1cc(NC(=O)CSc2nnc(-c3cc(C)cc(C)c3)o2)ccc1C. The number of carbonyl (C=O) groups excluding carboxylic acids is 1. The molecule has 0 aliphatic heterocycles. The van der Waals surface area contributed by atoms with E-state index in [1.54, 1.807) is 19.1 Å². The van der Waals surface area contributed by atoms with Crippen LogP contribution in [0.15, 0.2) is 50.9 Å². The van der Waals surface area contributed by atoms with Crippen LogP contribution >= 0.6 is 11.8 Å². The molecule has 2 N–H and O–H groups in total. The van der Waals surface area contributed by atoms with Crippen molar-refractivity contribution < 1.29 is 17.6 Å². The molecule has 0 saturated heterocycles. The minimum atomic E-state index is -3.61. The molecule has 10 heteroatoms. The fraction of sp³-hybridized carbons (Fsp3) is 0.250. The van der Waals surface area contributed by atoms with Gasteiger partial charge in [-0.25, -0.2) is 13.1 Å². The van der Waals surface area contributed by atoms with Crippen LogP contribution in [0, 0.1) is 20.8 Å². The van der Waals surface area contributed by atoms with Crippen LogP contribution in [0.4, 0.5) is 5.69 Å². The number of carbonyl (C=O) groups is 1. The Morgan fingerprint density at radius 1 is 1.07 bits per heavy atom. The Kier molecular flexibility index (Phi) is 6.59. The molecule has 1 amide bonds. The Morgan fingerprint density at radius 2 is 1.77 bits per heavy atom. The smallest absolute Gasteiger partial charge is 0.277 e. The number of thioether (sulfide) groups is 1. The molecule has 3 aromatic rings. The van der Waals surface area contributed by atoms with Gasteiger partial charge in [0.2, 0.25) is 21.8 Å². The molecule has 2 aromatic carbocycles. The molecule has 0 aliphatic rings. The summed E-state index contributed by atoms with van der Waals surface area (Å²) in [6, 6.07) is 10.7. The molecule has 30 heavy (non-hydrogen) atoms. The molecule has 0 unspecified atom stereocenters. The number of anilines is 1. The largest absolute Gasteiger partial charge is 0.411 e. The number of hydrogen-bond acceptors (Lipinski definition) is 7. The summed E-state index contributed by atoms with van der Waals surface area (Å²) in [7, 11) is -2.27. The van der Waals surface area contributed by atoms with Crippen molar-refractivity contribution in [2.24, 2.45) is 0 Å². The summed E-state index contributed by atoms with van der Waals surface area (Å²) in [4.78, 5) is 12.4. The second-order valence-electron chi connectivity index (χ2n) is 6.77. The zero-order valence-electron chi connectivity index (χ0n) is 17.0. The first-order valence-electron chi connectivity index (χ1n) is 9.07. The van der Waals surface area contributed by atoms with Crippen molar-refractivity contribution in [3.63, 3.8) is 0 Å². The first-order chi connectivity index (χ1) is 14.2. The fourth-order valence-electron chi connectivity index (χ4n) is 2.88. The van der Waals surface area contributed by atoms with Gasteiger partial charge in [0.15, 0.2) is 0 Å². The highest BCUT2D eigenvalue weighted by molar-refractivity contribution is 7.99. The highest BCUT2D eigenvalue weighted by atomic mass is 32.2. The third kappa shape index (κ3) is 5.26. The maximum atomic E-state index is 12.3. The molecule has 8 nitrogen and oxygen atoms in total. The molecule has 0 spiro atoms. The van der Waals surface area contributed by atoms with E-state index in [4.69, 9.17) is 4.42 Å². The van der Waals surface area contributed by atoms with Crippen LogP contribution in [0.5, 0.6) is 0 Å². The van der Waals surface area contributed by atoms with Crippen LogP contribution in [-0.4, -0.2) is 37.3 Å². The molecule has 0 fully saturated rings. The summed E-state index contributed by atoms with van der Waals surface area (Å²) < 4.78 is 32.1. The lowest BCUT2D eigenvalue weighted by Gasteiger charge is -2.10. The number of hydrogen-bond donors (Lipinski definition) is 2. The molecule has 158 valence electrons. The van der Waals surface area contributed by atoms with Crippen molar-refractivity contribution in [1.29, 1.82) is 0 Å². The molecule has 3 rings (SSSR count).